The van der Waals surface area contributed by atoms with Crippen LogP contribution in [0.1, 0.15) is 117 Å². The third-order valence-electron chi connectivity index (χ3n) is 10.9. The number of aromatic nitrogens is 3. The van der Waals surface area contributed by atoms with Crippen LogP contribution in [0.5, 0.6) is 5.88 Å². The molecule has 0 aliphatic rings. The zero-order valence-corrected chi connectivity index (χ0v) is 36.7. The number of esters is 1. The van der Waals surface area contributed by atoms with E-state index in [2.05, 4.69) is 17.6 Å². The van der Waals surface area contributed by atoms with Crippen LogP contribution in [-0.2, 0) is 23.6 Å². The standard InChI is InChI=1S/C47H59ClN6O7/c1-6-7-8-9-10-11-12-13-14-15-16-17-21-28-61-45(58)33-24-26-36(48)37(29-33)50-44(57)42(54-39(55)31-52(4)47(54)60)43(56)40-35-30-34(49-46(59)51(2)3)25-27-38(35)53(5)41(40)32-22-19-18-20-23-32/h18-20,22-27,29-31,42,55H,6-17,21,28H2,1-5H3,(H,49,59)(H,50,57). The van der Waals surface area contributed by atoms with E-state index in [9.17, 15) is 24.3 Å². The quantitative estimate of drug-likeness (QED) is 0.0271. The molecule has 0 fully saturated rings. The number of anilines is 2. The van der Waals surface area contributed by atoms with Crippen molar-refractivity contribution in [1.29, 1.82) is 0 Å². The van der Waals surface area contributed by atoms with Crippen molar-refractivity contribution in [3.63, 3.8) is 0 Å². The maximum absolute atomic E-state index is 15.2. The van der Waals surface area contributed by atoms with E-state index >= 15 is 4.79 Å². The number of rotatable bonds is 22. The number of benzene rings is 3. The molecule has 3 N–H and O–H groups in total. The lowest BCUT2D eigenvalue weighted by atomic mass is 9.96. The van der Waals surface area contributed by atoms with Gasteiger partial charge in [0.2, 0.25) is 5.88 Å². The van der Waals surface area contributed by atoms with Crippen LogP contribution in [0.2, 0.25) is 5.02 Å². The molecule has 0 saturated heterocycles. The molecule has 13 nitrogen and oxygen atoms in total. The number of aromatic hydroxyl groups is 1. The van der Waals surface area contributed by atoms with E-state index < -0.39 is 41.3 Å². The summed E-state index contributed by atoms with van der Waals surface area (Å²) in [6, 6.07) is 16.1. The maximum atomic E-state index is 15.2. The van der Waals surface area contributed by atoms with Crippen LogP contribution in [-0.4, -0.2) is 68.1 Å². The van der Waals surface area contributed by atoms with Gasteiger partial charge in [-0.25, -0.2) is 19.0 Å². The molecule has 1 unspecified atom stereocenters. The molecule has 14 heteroatoms. The molecule has 61 heavy (non-hydrogen) atoms. The van der Waals surface area contributed by atoms with E-state index in [1.54, 1.807) is 56.0 Å². The summed E-state index contributed by atoms with van der Waals surface area (Å²) in [6.45, 7) is 2.48. The molecule has 326 valence electrons. The van der Waals surface area contributed by atoms with Crippen LogP contribution < -0.4 is 16.3 Å². The van der Waals surface area contributed by atoms with Gasteiger partial charge in [-0.05, 0) is 48.4 Å². The number of urea groups is 1. The fraction of sp³-hybridized carbons (Fsp3) is 0.426. The van der Waals surface area contributed by atoms with Gasteiger partial charge in [-0.3, -0.25) is 14.2 Å². The summed E-state index contributed by atoms with van der Waals surface area (Å²) in [4.78, 5) is 70.4. The fourth-order valence-electron chi connectivity index (χ4n) is 7.55. The Hall–Kier alpha value is -5.82. The summed E-state index contributed by atoms with van der Waals surface area (Å²) in [5, 5.41) is 17.0. The van der Waals surface area contributed by atoms with E-state index in [0.29, 0.717) is 32.4 Å². The number of aryl methyl sites for hydroxylation is 2. The molecule has 2 heterocycles. The van der Waals surface area contributed by atoms with Crippen molar-refractivity contribution in [2.75, 3.05) is 31.3 Å². The highest BCUT2D eigenvalue weighted by Crippen LogP contribution is 2.38. The number of ketones is 1. The molecular formula is C47H59ClN6O7. The van der Waals surface area contributed by atoms with Crippen LogP contribution in [0.3, 0.4) is 0 Å². The normalized spacial score (nSPS) is 11.7. The number of imidazole rings is 1. The zero-order chi connectivity index (χ0) is 44.1. The topological polar surface area (TPSA) is 157 Å². The number of halogens is 1. The van der Waals surface area contributed by atoms with Crippen molar-refractivity contribution in [1.82, 2.24) is 18.6 Å². The number of Topliss-reactive ketones (excluding diaryl/α,β-unsaturated/α-hetero) is 1. The van der Waals surface area contributed by atoms with Crippen LogP contribution in [0.15, 0.2) is 77.7 Å². The molecule has 0 aliphatic carbocycles. The Balaban J connectivity index is 1.35. The predicted octanol–water partition coefficient (Wildman–Crippen LogP) is 10.1. The first-order valence-corrected chi connectivity index (χ1v) is 21.7. The number of nitrogens with one attached hydrogen (secondary N) is 2. The number of unbranched alkanes of at least 4 members (excludes halogenated alkanes) is 12. The smallest absolute Gasteiger partial charge is 0.338 e. The lowest BCUT2D eigenvalue weighted by molar-refractivity contribution is -0.118. The Labute approximate surface area is 362 Å². The zero-order valence-electron chi connectivity index (χ0n) is 36.0. The minimum absolute atomic E-state index is 0.00164. The largest absolute Gasteiger partial charge is 0.493 e. The lowest BCUT2D eigenvalue weighted by Gasteiger charge is -2.19. The number of fused-ring (bicyclic) bond motifs is 1. The van der Waals surface area contributed by atoms with Gasteiger partial charge in [0.15, 0.2) is 11.8 Å². The molecule has 2 aromatic heterocycles. The van der Waals surface area contributed by atoms with Crippen molar-refractivity contribution in [2.45, 2.75) is 96.4 Å². The highest BCUT2D eigenvalue weighted by Gasteiger charge is 2.37. The average Bonchev–Trinajstić information content (AvgIpc) is 3.67. The van der Waals surface area contributed by atoms with Crippen LogP contribution in [0.4, 0.5) is 16.2 Å². The summed E-state index contributed by atoms with van der Waals surface area (Å²) in [6.07, 6.45) is 16.7. The maximum Gasteiger partial charge on any atom is 0.338 e. The highest BCUT2D eigenvalue weighted by molar-refractivity contribution is 6.34. The van der Waals surface area contributed by atoms with E-state index in [4.69, 9.17) is 16.3 Å². The van der Waals surface area contributed by atoms with Gasteiger partial charge in [0, 0.05) is 44.8 Å². The van der Waals surface area contributed by atoms with Crippen molar-refractivity contribution in [3.05, 3.63) is 99.6 Å². The van der Waals surface area contributed by atoms with Gasteiger partial charge in [0.25, 0.3) is 5.91 Å². The molecule has 0 radical (unpaired) electrons. The van der Waals surface area contributed by atoms with Crippen LogP contribution in [0.25, 0.3) is 22.2 Å². The van der Waals surface area contributed by atoms with Crippen molar-refractivity contribution in [3.8, 4) is 17.1 Å². The molecule has 5 rings (SSSR count). The van der Waals surface area contributed by atoms with Gasteiger partial charge >= 0.3 is 17.7 Å². The van der Waals surface area contributed by atoms with E-state index in [1.165, 1.54) is 87.9 Å². The van der Waals surface area contributed by atoms with Gasteiger partial charge in [-0.2, -0.15) is 0 Å². The van der Waals surface area contributed by atoms with Crippen LogP contribution >= 0.6 is 11.6 Å². The SMILES string of the molecule is CCCCCCCCCCCCCCCOC(=O)c1ccc(Cl)c(NC(=O)C(C(=O)c2c(-c3ccccc3)n(C)c3ccc(NC(=O)N(C)C)cc23)n2c(O)cn(C)c2=O)c1. The van der Waals surface area contributed by atoms with E-state index in [1.807, 2.05) is 18.2 Å². The Morgan fingerprint density at radius 3 is 2.02 bits per heavy atom. The number of hydrogen-bond acceptors (Lipinski definition) is 7. The summed E-state index contributed by atoms with van der Waals surface area (Å²) < 4.78 is 9.12. The van der Waals surface area contributed by atoms with Gasteiger partial charge in [0.1, 0.15) is 0 Å². The first-order valence-electron chi connectivity index (χ1n) is 21.3. The monoisotopic (exact) mass is 854 g/mol. The minimum Gasteiger partial charge on any atom is -0.493 e. The average molecular weight is 855 g/mol. The predicted molar refractivity (Wildman–Crippen MR) is 242 cm³/mol. The third kappa shape index (κ3) is 11.7. The van der Waals surface area contributed by atoms with Gasteiger partial charge in [0.05, 0.1) is 40.3 Å². The number of carbonyl (C=O) groups excluding carboxylic acids is 4. The molecule has 0 bridgehead atoms. The molecule has 0 saturated carbocycles. The van der Waals surface area contributed by atoms with Crippen LogP contribution in [0, 0.1) is 0 Å². The van der Waals surface area contributed by atoms with Crippen molar-refractivity contribution < 1.29 is 29.0 Å². The van der Waals surface area contributed by atoms with Gasteiger partial charge < -0.3 is 29.9 Å². The number of amides is 3. The number of hydrogen-bond donors (Lipinski definition) is 3. The first kappa shape index (κ1) is 46.2. The molecule has 0 aliphatic heterocycles. The Morgan fingerprint density at radius 2 is 1.43 bits per heavy atom. The third-order valence-corrected chi connectivity index (χ3v) is 11.2. The number of ether oxygens (including phenoxy) is 1. The Morgan fingerprint density at radius 1 is 0.803 bits per heavy atom. The van der Waals surface area contributed by atoms with E-state index in [0.717, 1.165) is 36.4 Å². The fourth-order valence-corrected chi connectivity index (χ4v) is 7.71. The number of carbonyl (C=O) groups is 4. The summed E-state index contributed by atoms with van der Waals surface area (Å²) in [5.41, 5.74) is 1.42. The second-order valence-electron chi connectivity index (χ2n) is 15.8. The molecule has 1 atom stereocenters. The minimum atomic E-state index is -1.95. The van der Waals surface area contributed by atoms with Crippen molar-refractivity contribution in [2.24, 2.45) is 14.1 Å². The van der Waals surface area contributed by atoms with Crippen molar-refractivity contribution >= 4 is 57.6 Å². The summed E-state index contributed by atoms with van der Waals surface area (Å²) >= 11 is 6.55. The molecule has 5 aromatic rings. The second-order valence-corrected chi connectivity index (χ2v) is 16.2. The van der Waals surface area contributed by atoms with Gasteiger partial charge in [-0.1, -0.05) is 126 Å². The molecule has 0 spiro atoms. The Kier molecular flexibility index (Phi) is 16.8. The Bertz CT molecular complexity index is 2360. The second kappa shape index (κ2) is 22.1. The van der Waals surface area contributed by atoms with E-state index in [-0.39, 0.29) is 28.4 Å². The lowest BCUT2D eigenvalue weighted by Crippen LogP contribution is -2.38. The molecule has 3 aromatic carbocycles. The summed E-state index contributed by atoms with van der Waals surface area (Å²) in [7, 11) is 6.34. The highest BCUT2D eigenvalue weighted by atomic mass is 35.5. The molecule has 3 amide bonds. The molecular weight excluding hydrogens is 796 g/mol. The van der Waals surface area contributed by atoms with Gasteiger partial charge in [-0.15, -0.1) is 0 Å². The summed E-state index contributed by atoms with van der Waals surface area (Å²) in [5.74, 6) is -3.05. The number of nitrogens with zero attached hydrogens (tertiary/aromatic N) is 4. The first-order chi connectivity index (χ1) is 29.3.